The molecular formula is C18H22N2O3S. The molecule has 0 spiro atoms. The number of nitrogens with one attached hydrogen (secondary N) is 1. The first-order chi connectivity index (χ1) is 11.6. The van der Waals surface area contributed by atoms with Crippen LogP contribution in [0.3, 0.4) is 0 Å². The molecule has 5 nitrogen and oxygen atoms in total. The molecule has 2 aromatic heterocycles. The van der Waals surface area contributed by atoms with Gasteiger partial charge in [-0.1, -0.05) is 19.3 Å². The Morgan fingerprint density at radius 2 is 1.88 bits per heavy atom. The standard InChI is InChI=1S/C18H22N2O3S/c1-13-12-15(19-17(21)14-8-7-11-23-14)24-16(13)18(22)20-9-5-3-2-4-6-10-20/h7-8,11-12H,2-6,9-10H2,1H3,(H,19,21). The van der Waals surface area contributed by atoms with E-state index in [1.165, 1.54) is 36.9 Å². The lowest BCUT2D eigenvalue weighted by Gasteiger charge is -2.24. The molecule has 0 bridgehead atoms. The zero-order chi connectivity index (χ0) is 16.9. The van der Waals surface area contributed by atoms with E-state index < -0.39 is 0 Å². The van der Waals surface area contributed by atoms with Gasteiger partial charge in [-0.15, -0.1) is 11.3 Å². The fraction of sp³-hybridized carbons (Fsp3) is 0.444. The van der Waals surface area contributed by atoms with Crippen LogP contribution in [0.4, 0.5) is 5.00 Å². The molecule has 3 heterocycles. The highest BCUT2D eigenvalue weighted by molar-refractivity contribution is 7.18. The number of aryl methyl sites for hydroxylation is 1. The van der Waals surface area contributed by atoms with Crippen LogP contribution < -0.4 is 5.32 Å². The Bertz CT molecular complexity index is 698. The minimum absolute atomic E-state index is 0.0814. The number of likely N-dealkylation sites (tertiary alicyclic amines) is 1. The van der Waals surface area contributed by atoms with E-state index in [9.17, 15) is 9.59 Å². The van der Waals surface area contributed by atoms with Crippen LogP contribution >= 0.6 is 11.3 Å². The minimum Gasteiger partial charge on any atom is -0.459 e. The highest BCUT2D eigenvalue weighted by Gasteiger charge is 2.21. The zero-order valence-corrected chi connectivity index (χ0v) is 14.7. The van der Waals surface area contributed by atoms with Crippen molar-refractivity contribution in [3.63, 3.8) is 0 Å². The lowest BCUT2D eigenvalue weighted by molar-refractivity contribution is 0.0746. The molecule has 2 aromatic rings. The van der Waals surface area contributed by atoms with Crippen molar-refractivity contribution in [1.82, 2.24) is 4.90 Å². The summed E-state index contributed by atoms with van der Waals surface area (Å²) in [5.41, 5.74) is 0.904. The number of hydrogen-bond donors (Lipinski definition) is 1. The van der Waals surface area contributed by atoms with Crippen molar-refractivity contribution in [1.29, 1.82) is 0 Å². The second kappa shape index (κ2) is 7.66. The Morgan fingerprint density at radius 3 is 2.54 bits per heavy atom. The summed E-state index contributed by atoms with van der Waals surface area (Å²) in [5, 5.41) is 3.47. The molecule has 0 aromatic carbocycles. The number of carbonyl (C=O) groups is 2. The lowest BCUT2D eigenvalue weighted by Crippen LogP contribution is -2.33. The first-order valence-corrected chi connectivity index (χ1v) is 9.21. The van der Waals surface area contributed by atoms with E-state index in [1.807, 2.05) is 17.9 Å². The van der Waals surface area contributed by atoms with E-state index in [0.717, 1.165) is 31.5 Å². The zero-order valence-electron chi connectivity index (χ0n) is 13.8. The molecule has 1 aliphatic heterocycles. The third-order valence-electron chi connectivity index (χ3n) is 4.24. The number of nitrogens with zero attached hydrogens (tertiary/aromatic N) is 1. The maximum absolute atomic E-state index is 12.8. The summed E-state index contributed by atoms with van der Waals surface area (Å²) in [6, 6.07) is 5.14. The molecule has 1 fully saturated rings. The van der Waals surface area contributed by atoms with E-state index in [1.54, 1.807) is 12.1 Å². The topological polar surface area (TPSA) is 62.6 Å². The number of furan rings is 1. The molecule has 128 valence electrons. The fourth-order valence-corrected chi connectivity index (χ4v) is 3.97. The van der Waals surface area contributed by atoms with E-state index >= 15 is 0 Å². The minimum atomic E-state index is -0.300. The Morgan fingerprint density at radius 1 is 1.17 bits per heavy atom. The molecule has 0 unspecified atom stereocenters. The van der Waals surface area contributed by atoms with Crippen molar-refractivity contribution in [2.75, 3.05) is 18.4 Å². The van der Waals surface area contributed by atoms with Gasteiger partial charge in [0.1, 0.15) is 0 Å². The van der Waals surface area contributed by atoms with E-state index in [2.05, 4.69) is 5.32 Å². The normalized spacial score (nSPS) is 15.6. The number of carbonyl (C=O) groups excluding carboxylic acids is 2. The monoisotopic (exact) mass is 346 g/mol. The highest BCUT2D eigenvalue weighted by Crippen LogP contribution is 2.29. The van der Waals surface area contributed by atoms with Gasteiger partial charge in [0, 0.05) is 13.1 Å². The molecule has 1 N–H and O–H groups in total. The van der Waals surface area contributed by atoms with Crippen molar-refractivity contribution >= 4 is 28.2 Å². The fourth-order valence-electron chi connectivity index (χ4n) is 2.93. The number of hydrogen-bond acceptors (Lipinski definition) is 4. The largest absolute Gasteiger partial charge is 0.459 e. The Balaban J connectivity index is 1.70. The second-order valence-corrected chi connectivity index (χ2v) is 7.17. The predicted molar refractivity (Wildman–Crippen MR) is 94.7 cm³/mol. The predicted octanol–water partition coefficient (Wildman–Crippen LogP) is 4.31. The van der Waals surface area contributed by atoms with Gasteiger partial charge in [0.05, 0.1) is 16.1 Å². The van der Waals surface area contributed by atoms with Crippen LogP contribution in [0.25, 0.3) is 0 Å². The highest BCUT2D eigenvalue weighted by atomic mass is 32.1. The molecule has 3 rings (SSSR count). The van der Waals surface area contributed by atoms with Gasteiger partial charge in [0.2, 0.25) is 0 Å². The molecule has 0 saturated carbocycles. The molecule has 0 atom stereocenters. The van der Waals surface area contributed by atoms with Gasteiger partial charge in [-0.3, -0.25) is 9.59 Å². The van der Waals surface area contributed by atoms with Gasteiger partial charge in [-0.25, -0.2) is 0 Å². The van der Waals surface area contributed by atoms with E-state index in [4.69, 9.17) is 4.42 Å². The molecule has 6 heteroatoms. The van der Waals surface area contributed by atoms with Crippen molar-refractivity contribution in [3.05, 3.63) is 40.7 Å². The summed E-state index contributed by atoms with van der Waals surface area (Å²) in [6.07, 6.45) is 7.25. The van der Waals surface area contributed by atoms with Crippen LogP contribution in [0.1, 0.15) is 57.9 Å². The molecule has 0 radical (unpaired) electrons. The molecule has 1 aliphatic rings. The molecule has 1 saturated heterocycles. The van der Waals surface area contributed by atoms with E-state index in [0.29, 0.717) is 9.88 Å². The summed E-state index contributed by atoms with van der Waals surface area (Å²) < 4.78 is 5.09. The average molecular weight is 346 g/mol. The summed E-state index contributed by atoms with van der Waals surface area (Å²) in [4.78, 5) is 27.5. The quantitative estimate of drug-likeness (QED) is 0.901. The van der Waals surface area contributed by atoms with Crippen LogP contribution in [-0.2, 0) is 0 Å². The molecule has 0 aliphatic carbocycles. The first kappa shape index (κ1) is 16.8. The van der Waals surface area contributed by atoms with Crippen LogP contribution in [-0.4, -0.2) is 29.8 Å². The average Bonchev–Trinajstić information content (AvgIpc) is 3.16. The second-order valence-electron chi connectivity index (χ2n) is 6.11. The van der Waals surface area contributed by atoms with Crippen LogP contribution in [0.2, 0.25) is 0 Å². The third kappa shape index (κ3) is 3.87. The van der Waals surface area contributed by atoms with Gasteiger partial charge in [-0.2, -0.15) is 0 Å². The van der Waals surface area contributed by atoms with Gasteiger partial charge in [-0.05, 0) is 43.5 Å². The molecular weight excluding hydrogens is 324 g/mol. The van der Waals surface area contributed by atoms with Crippen molar-refractivity contribution in [2.45, 2.75) is 39.0 Å². The van der Waals surface area contributed by atoms with Gasteiger partial charge >= 0.3 is 0 Å². The number of amides is 2. The Labute approximate surface area is 145 Å². The van der Waals surface area contributed by atoms with Crippen LogP contribution in [0.5, 0.6) is 0 Å². The summed E-state index contributed by atoms with van der Waals surface area (Å²) >= 11 is 1.33. The van der Waals surface area contributed by atoms with Crippen LogP contribution in [0.15, 0.2) is 28.9 Å². The van der Waals surface area contributed by atoms with Gasteiger partial charge in [0.15, 0.2) is 5.76 Å². The van der Waals surface area contributed by atoms with Crippen molar-refractivity contribution in [2.24, 2.45) is 0 Å². The summed E-state index contributed by atoms with van der Waals surface area (Å²) in [6.45, 7) is 3.56. The maximum Gasteiger partial charge on any atom is 0.291 e. The van der Waals surface area contributed by atoms with Crippen molar-refractivity contribution < 1.29 is 14.0 Å². The summed E-state index contributed by atoms with van der Waals surface area (Å²) in [7, 11) is 0. The van der Waals surface area contributed by atoms with E-state index in [-0.39, 0.29) is 17.6 Å². The van der Waals surface area contributed by atoms with Crippen molar-refractivity contribution in [3.8, 4) is 0 Å². The smallest absolute Gasteiger partial charge is 0.291 e. The van der Waals surface area contributed by atoms with Gasteiger partial charge < -0.3 is 14.6 Å². The maximum atomic E-state index is 12.8. The third-order valence-corrected chi connectivity index (χ3v) is 5.38. The first-order valence-electron chi connectivity index (χ1n) is 8.40. The number of rotatable bonds is 3. The van der Waals surface area contributed by atoms with Crippen LogP contribution in [0, 0.1) is 6.92 Å². The lowest BCUT2D eigenvalue weighted by atomic mass is 10.1. The SMILES string of the molecule is Cc1cc(NC(=O)c2ccco2)sc1C(=O)N1CCCCCCC1. The molecule has 2 amide bonds. The number of anilines is 1. The summed E-state index contributed by atoms with van der Waals surface area (Å²) in [5.74, 6) is 0.0436. The Kier molecular flexibility index (Phi) is 5.35. The number of thiophene rings is 1. The molecule has 24 heavy (non-hydrogen) atoms. The van der Waals surface area contributed by atoms with Gasteiger partial charge in [0.25, 0.3) is 11.8 Å². The Hall–Kier alpha value is -2.08.